The Morgan fingerprint density at radius 2 is 1.72 bits per heavy atom. The van der Waals surface area contributed by atoms with Crippen molar-refractivity contribution in [2.75, 3.05) is 24.5 Å². The first-order valence-electron chi connectivity index (χ1n) is 10.2. The van der Waals surface area contributed by atoms with Gasteiger partial charge in [-0.25, -0.2) is 4.79 Å². The molecule has 2 aromatic carbocycles. The van der Waals surface area contributed by atoms with Gasteiger partial charge < -0.3 is 15.1 Å². The van der Waals surface area contributed by atoms with Gasteiger partial charge in [-0.2, -0.15) is 0 Å². The topological polar surface area (TPSA) is 52.7 Å². The van der Waals surface area contributed by atoms with Gasteiger partial charge in [0.15, 0.2) is 0 Å². The minimum absolute atomic E-state index is 0.0270. The number of piperidine rings is 1. The van der Waals surface area contributed by atoms with Crippen molar-refractivity contribution < 1.29 is 9.59 Å². The van der Waals surface area contributed by atoms with Crippen LogP contribution in [0.2, 0.25) is 5.02 Å². The number of amides is 3. The molecule has 29 heavy (non-hydrogen) atoms. The van der Waals surface area contributed by atoms with Crippen LogP contribution in [0.1, 0.15) is 24.8 Å². The quantitative estimate of drug-likeness (QED) is 0.823. The van der Waals surface area contributed by atoms with Gasteiger partial charge >= 0.3 is 6.03 Å². The summed E-state index contributed by atoms with van der Waals surface area (Å²) in [7, 11) is 0. The van der Waals surface area contributed by atoms with E-state index in [1.807, 2.05) is 23.1 Å². The molecule has 1 atom stereocenters. The lowest BCUT2D eigenvalue weighted by atomic mass is 9.90. The maximum atomic E-state index is 12.7. The summed E-state index contributed by atoms with van der Waals surface area (Å²) in [5.74, 6) is 0.647. The molecule has 1 N–H and O–H groups in total. The van der Waals surface area contributed by atoms with Crippen molar-refractivity contribution in [1.82, 2.24) is 10.2 Å². The van der Waals surface area contributed by atoms with Crippen LogP contribution in [-0.2, 0) is 11.2 Å². The average molecular weight is 412 g/mol. The molecule has 2 aliphatic rings. The van der Waals surface area contributed by atoms with E-state index >= 15 is 0 Å². The summed E-state index contributed by atoms with van der Waals surface area (Å²) in [5, 5.41) is 3.69. The van der Waals surface area contributed by atoms with Gasteiger partial charge in [-0.05, 0) is 55.0 Å². The van der Waals surface area contributed by atoms with Crippen LogP contribution >= 0.6 is 11.6 Å². The second-order valence-electron chi connectivity index (χ2n) is 7.95. The predicted octanol–water partition coefficient (Wildman–Crippen LogP) is 4.11. The van der Waals surface area contributed by atoms with E-state index in [9.17, 15) is 9.59 Å². The van der Waals surface area contributed by atoms with Crippen LogP contribution in [0.4, 0.5) is 10.5 Å². The Balaban J connectivity index is 1.26. The molecule has 0 bridgehead atoms. The molecule has 6 heteroatoms. The largest absolute Gasteiger partial charge is 0.333 e. The van der Waals surface area contributed by atoms with E-state index in [-0.39, 0.29) is 18.0 Å². The number of carbonyl (C=O) groups is 2. The lowest BCUT2D eigenvalue weighted by Crippen LogP contribution is -2.48. The molecule has 0 radical (unpaired) electrons. The molecule has 0 aromatic heterocycles. The summed E-state index contributed by atoms with van der Waals surface area (Å²) >= 11 is 5.93. The minimum Gasteiger partial charge on any atom is -0.333 e. The predicted molar refractivity (Wildman–Crippen MR) is 115 cm³/mol. The molecular formula is C23H26ClN3O2. The van der Waals surface area contributed by atoms with Crippen molar-refractivity contribution in [1.29, 1.82) is 0 Å². The smallest absolute Gasteiger partial charge is 0.317 e. The summed E-state index contributed by atoms with van der Waals surface area (Å²) in [4.78, 5) is 28.7. The van der Waals surface area contributed by atoms with Crippen molar-refractivity contribution >= 4 is 29.2 Å². The summed E-state index contributed by atoms with van der Waals surface area (Å²) in [6.45, 7) is 2.03. The number of urea groups is 1. The maximum absolute atomic E-state index is 12.7. The van der Waals surface area contributed by atoms with Gasteiger partial charge in [0.25, 0.3) is 0 Å². The highest BCUT2D eigenvalue weighted by Crippen LogP contribution is 2.25. The van der Waals surface area contributed by atoms with Gasteiger partial charge in [0.05, 0.1) is 6.04 Å². The monoisotopic (exact) mass is 411 g/mol. The number of hydrogen-bond acceptors (Lipinski definition) is 2. The first-order valence-corrected chi connectivity index (χ1v) is 10.6. The van der Waals surface area contributed by atoms with Gasteiger partial charge in [-0.15, -0.1) is 0 Å². The van der Waals surface area contributed by atoms with Crippen molar-refractivity contribution in [2.24, 2.45) is 5.92 Å². The molecule has 2 fully saturated rings. The van der Waals surface area contributed by atoms with E-state index in [1.54, 1.807) is 17.0 Å². The molecule has 0 spiro atoms. The summed E-state index contributed by atoms with van der Waals surface area (Å²) in [6, 6.07) is 17.5. The molecule has 2 heterocycles. The number of nitrogens with zero attached hydrogens (tertiary/aromatic N) is 2. The van der Waals surface area contributed by atoms with Crippen molar-refractivity contribution in [3.8, 4) is 0 Å². The first kappa shape index (κ1) is 19.8. The molecule has 152 valence electrons. The van der Waals surface area contributed by atoms with Gasteiger partial charge in [-0.1, -0.05) is 41.9 Å². The standard InChI is InChI=1S/C23H26ClN3O2/c24-19-6-8-21(9-7-19)27-16-20(15-22(27)28)25-23(29)26-12-10-18(11-13-26)14-17-4-2-1-3-5-17/h1-9,18,20H,10-16H2,(H,25,29). The third-order valence-corrected chi connectivity index (χ3v) is 6.11. The van der Waals surface area contributed by atoms with Crippen LogP contribution in [0.25, 0.3) is 0 Å². The van der Waals surface area contributed by atoms with Gasteiger partial charge in [0.2, 0.25) is 5.91 Å². The fraction of sp³-hybridized carbons (Fsp3) is 0.391. The molecule has 3 amide bonds. The third-order valence-electron chi connectivity index (χ3n) is 5.86. The zero-order chi connectivity index (χ0) is 20.2. The van der Waals surface area contributed by atoms with Crippen LogP contribution in [0, 0.1) is 5.92 Å². The molecule has 0 saturated carbocycles. The Morgan fingerprint density at radius 3 is 2.41 bits per heavy atom. The van der Waals surface area contributed by atoms with E-state index in [0.717, 1.165) is 38.0 Å². The number of nitrogens with one attached hydrogen (secondary N) is 1. The number of likely N-dealkylation sites (tertiary alicyclic amines) is 1. The zero-order valence-corrected chi connectivity index (χ0v) is 17.1. The summed E-state index contributed by atoms with van der Waals surface area (Å²) in [5.41, 5.74) is 2.18. The Bertz CT molecular complexity index is 848. The highest BCUT2D eigenvalue weighted by atomic mass is 35.5. The lowest BCUT2D eigenvalue weighted by molar-refractivity contribution is -0.117. The summed E-state index contributed by atoms with van der Waals surface area (Å²) < 4.78 is 0. The SMILES string of the molecule is O=C(NC1CC(=O)N(c2ccc(Cl)cc2)C1)N1CCC(Cc2ccccc2)CC1. The Morgan fingerprint density at radius 1 is 1.03 bits per heavy atom. The number of rotatable bonds is 4. The number of carbonyl (C=O) groups excluding carboxylic acids is 2. The normalized spacial score (nSPS) is 20.2. The molecule has 4 rings (SSSR count). The molecular weight excluding hydrogens is 386 g/mol. The Labute approximate surface area is 176 Å². The van der Waals surface area contributed by atoms with Gasteiger partial charge in [-0.3, -0.25) is 4.79 Å². The Kier molecular flexibility index (Phi) is 6.05. The van der Waals surface area contributed by atoms with Crippen LogP contribution in [-0.4, -0.2) is 42.5 Å². The number of hydrogen-bond donors (Lipinski definition) is 1. The second kappa shape index (κ2) is 8.87. The molecule has 2 aliphatic heterocycles. The highest BCUT2D eigenvalue weighted by molar-refractivity contribution is 6.30. The van der Waals surface area contributed by atoms with Crippen LogP contribution in [0.15, 0.2) is 54.6 Å². The van der Waals surface area contributed by atoms with Gasteiger partial charge in [0, 0.05) is 36.8 Å². The zero-order valence-electron chi connectivity index (χ0n) is 16.4. The van der Waals surface area contributed by atoms with Crippen LogP contribution in [0.5, 0.6) is 0 Å². The highest BCUT2D eigenvalue weighted by Gasteiger charge is 2.33. The molecule has 2 aromatic rings. The fourth-order valence-electron chi connectivity index (χ4n) is 4.23. The molecule has 5 nitrogen and oxygen atoms in total. The van der Waals surface area contributed by atoms with Gasteiger partial charge in [0.1, 0.15) is 0 Å². The maximum Gasteiger partial charge on any atom is 0.317 e. The Hall–Kier alpha value is -2.53. The van der Waals surface area contributed by atoms with E-state index in [2.05, 4.69) is 29.6 Å². The van der Waals surface area contributed by atoms with E-state index in [4.69, 9.17) is 11.6 Å². The lowest BCUT2D eigenvalue weighted by Gasteiger charge is -2.33. The first-order chi connectivity index (χ1) is 14.1. The average Bonchev–Trinajstić information content (AvgIpc) is 3.10. The molecule has 0 aliphatic carbocycles. The van der Waals surface area contributed by atoms with E-state index in [0.29, 0.717) is 23.9 Å². The third kappa shape index (κ3) is 4.91. The number of benzene rings is 2. The van der Waals surface area contributed by atoms with Crippen molar-refractivity contribution in [3.63, 3.8) is 0 Å². The van der Waals surface area contributed by atoms with Crippen molar-refractivity contribution in [3.05, 3.63) is 65.2 Å². The van der Waals surface area contributed by atoms with Crippen LogP contribution < -0.4 is 10.2 Å². The van der Waals surface area contributed by atoms with Crippen molar-refractivity contribution in [2.45, 2.75) is 31.7 Å². The van der Waals surface area contributed by atoms with E-state index < -0.39 is 0 Å². The number of anilines is 1. The second-order valence-corrected chi connectivity index (χ2v) is 8.39. The summed E-state index contributed by atoms with van der Waals surface area (Å²) in [6.07, 6.45) is 3.44. The molecule has 1 unspecified atom stereocenters. The fourth-order valence-corrected chi connectivity index (χ4v) is 4.35. The minimum atomic E-state index is -0.160. The molecule has 2 saturated heterocycles. The van der Waals surface area contributed by atoms with E-state index in [1.165, 1.54) is 5.56 Å². The number of halogens is 1. The van der Waals surface area contributed by atoms with Crippen LogP contribution in [0.3, 0.4) is 0 Å².